The van der Waals surface area contributed by atoms with Gasteiger partial charge in [-0.2, -0.15) is 0 Å². The van der Waals surface area contributed by atoms with E-state index in [4.69, 9.17) is 32.7 Å². The van der Waals surface area contributed by atoms with Gasteiger partial charge in [-0.1, -0.05) is 23.2 Å². The van der Waals surface area contributed by atoms with Gasteiger partial charge in [0.1, 0.15) is 18.1 Å². The molecule has 2 amide bonds. The van der Waals surface area contributed by atoms with Crippen molar-refractivity contribution in [2.45, 2.75) is 6.92 Å². The predicted octanol–water partition coefficient (Wildman–Crippen LogP) is 4.51. The smallest absolute Gasteiger partial charge is 0.319 e. The number of nitrogens with one attached hydrogen (secondary N) is 2. The lowest BCUT2D eigenvalue weighted by atomic mass is 10.2. The maximum absolute atomic E-state index is 11.9. The Morgan fingerprint density at radius 2 is 1.75 bits per heavy atom. The molecule has 24 heavy (non-hydrogen) atoms. The van der Waals surface area contributed by atoms with Crippen LogP contribution in [0, 0.1) is 6.92 Å². The summed E-state index contributed by atoms with van der Waals surface area (Å²) in [5, 5.41) is 6.56. The Balaban J connectivity index is 1.80. The van der Waals surface area contributed by atoms with Gasteiger partial charge in [0, 0.05) is 10.0 Å². The minimum Gasteiger partial charge on any atom is -0.495 e. The third-order valence-electron chi connectivity index (χ3n) is 3.19. The van der Waals surface area contributed by atoms with E-state index in [-0.39, 0.29) is 6.03 Å². The van der Waals surface area contributed by atoms with Gasteiger partial charge in [0.15, 0.2) is 0 Å². The first-order chi connectivity index (χ1) is 11.5. The normalized spacial score (nSPS) is 10.2. The number of methoxy groups -OCH3 is 1. The fraction of sp³-hybridized carbons (Fsp3) is 0.235. The number of urea groups is 1. The second-order valence-corrected chi connectivity index (χ2v) is 5.86. The summed E-state index contributed by atoms with van der Waals surface area (Å²) in [6.45, 7) is 2.59. The van der Waals surface area contributed by atoms with Crippen LogP contribution in [0.25, 0.3) is 0 Å². The van der Waals surface area contributed by atoms with E-state index in [0.717, 1.165) is 11.3 Å². The van der Waals surface area contributed by atoms with E-state index < -0.39 is 0 Å². The van der Waals surface area contributed by atoms with Crippen LogP contribution in [0.4, 0.5) is 10.5 Å². The number of hydrogen-bond acceptors (Lipinski definition) is 3. The second kappa shape index (κ2) is 8.66. The van der Waals surface area contributed by atoms with Gasteiger partial charge in [-0.15, -0.1) is 0 Å². The number of hydrogen-bond donors (Lipinski definition) is 2. The summed E-state index contributed by atoms with van der Waals surface area (Å²) in [4.78, 5) is 11.9. The highest BCUT2D eigenvalue weighted by Crippen LogP contribution is 2.27. The van der Waals surface area contributed by atoms with Gasteiger partial charge in [0.05, 0.1) is 19.3 Å². The molecule has 0 aromatic heterocycles. The number of amides is 2. The molecule has 0 radical (unpaired) electrons. The SMILES string of the molecule is COc1ccc(Cl)cc1NC(=O)NCCOc1ccc(Cl)cc1C. The van der Waals surface area contributed by atoms with E-state index in [1.54, 1.807) is 30.3 Å². The van der Waals surface area contributed by atoms with Gasteiger partial charge in [0.2, 0.25) is 0 Å². The molecular formula is C17H18Cl2N2O3. The monoisotopic (exact) mass is 368 g/mol. The van der Waals surface area contributed by atoms with Crippen LogP contribution in [0.15, 0.2) is 36.4 Å². The van der Waals surface area contributed by atoms with Gasteiger partial charge >= 0.3 is 6.03 Å². The lowest BCUT2D eigenvalue weighted by Gasteiger charge is -2.12. The average molecular weight is 369 g/mol. The molecule has 0 heterocycles. The van der Waals surface area contributed by atoms with Gasteiger partial charge in [-0.25, -0.2) is 4.79 Å². The Kier molecular flexibility index (Phi) is 6.58. The molecule has 2 aromatic carbocycles. The number of ether oxygens (including phenoxy) is 2. The zero-order valence-corrected chi connectivity index (χ0v) is 14.9. The lowest BCUT2D eigenvalue weighted by molar-refractivity contribution is 0.247. The third kappa shape index (κ3) is 5.22. The molecule has 0 aliphatic heterocycles. The van der Waals surface area contributed by atoms with Crippen LogP contribution in [0.2, 0.25) is 10.0 Å². The van der Waals surface area contributed by atoms with E-state index in [9.17, 15) is 4.79 Å². The molecule has 0 unspecified atom stereocenters. The van der Waals surface area contributed by atoms with Crippen molar-refractivity contribution >= 4 is 34.9 Å². The van der Waals surface area contributed by atoms with E-state index in [1.807, 2.05) is 13.0 Å². The van der Waals surface area contributed by atoms with Crippen LogP contribution in [0.3, 0.4) is 0 Å². The van der Waals surface area contributed by atoms with Crippen molar-refractivity contribution in [2.24, 2.45) is 0 Å². The molecule has 2 aromatic rings. The number of aryl methyl sites for hydroxylation is 1. The van der Waals surface area contributed by atoms with Crippen LogP contribution >= 0.6 is 23.2 Å². The van der Waals surface area contributed by atoms with Crippen LogP contribution in [0.5, 0.6) is 11.5 Å². The number of anilines is 1. The van der Waals surface area contributed by atoms with Crippen molar-refractivity contribution in [1.29, 1.82) is 0 Å². The molecule has 5 nitrogen and oxygen atoms in total. The highest BCUT2D eigenvalue weighted by Gasteiger charge is 2.08. The molecule has 0 fully saturated rings. The molecule has 0 atom stereocenters. The second-order valence-electron chi connectivity index (χ2n) is 4.98. The molecule has 0 aliphatic carbocycles. The van der Waals surface area contributed by atoms with Crippen molar-refractivity contribution in [3.63, 3.8) is 0 Å². The first kappa shape index (κ1) is 18.2. The van der Waals surface area contributed by atoms with Crippen molar-refractivity contribution in [2.75, 3.05) is 25.6 Å². The summed E-state index contributed by atoms with van der Waals surface area (Å²) in [6, 6.07) is 10.0. The molecule has 0 saturated carbocycles. The molecule has 2 rings (SSSR count). The van der Waals surface area contributed by atoms with Crippen LogP contribution < -0.4 is 20.1 Å². The maximum Gasteiger partial charge on any atom is 0.319 e. The van der Waals surface area contributed by atoms with Gasteiger partial charge in [-0.3, -0.25) is 0 Å². The predicted molar refractivity (Wildman–Crippen MR) is 96.7 cm³/mol. The van der Waals surface area contributed by atoms with Crippen molar-refractivity contribution in [1.82, 2.24) is 5.32 Å². The molecule has 2 N–H and O–H groups in total. The Morgan fingerprint density at radius 3 is 2.42 bits per heavy atom. The molecule has 128 valence electrons. The number of rotatable bonds is 6. The van der Waals surface area contributed by atoms with Gasteiger partial charge in [0.25, 0.3) is 0 Å². The lowest BCUT2D eigenvalue weighted by Crippen LogP contribution is -2.32. The Hall–Kier alpha value is -2.11. The molecule has 0 spiro atoms. The molecule has 0 bridgehead atoms. The van der Waals surface area contributed by atoms with Crippen LogP contribution in [-0.4, -0.2) is 26.3 Å². The van der Waals surface area contributed by atoms with Crippen LogP contribution in [0.1, 0.15) is 5.56 Å². The zero-order chi connectivity index (χ0) is 17.5. The quantitative estimate of drug-likeness (QED) is 0.737. The molecule has 7 heteroatoms. The van der Waals surface area contributed by atoms with Crippen molar-refractivity contribution in [3.8, 4) is 11.5 Å². The summed E-state index contributed by atoms with van der Waals surface area (Å²) in [5.41, 5.74) is 1.44. The molecular weight excluding hydrogens is 351 g/mol. The maximum atomic E-state index is 11.9. The minimum absolute atomic E-state index is 0.336. The van der Waals surface area contributed by atoms with E-state index in [1.165, 1.54) is 7.11 Å². The summed E-state index contributed by atoms with van der Waals surface area (Å²) < 4.78 is 10.8. The topological polar surface area (TPSA) is 59.6 Å². The number of benzene rings is 2. The van der Waals surface area contributed by atoms with Crippen LogP contribution in [-0.2, 0) is 0 Å². The highest BCUT2D eigenvalue weighted by molar-refractivity contribution is 6.31. The van der Waals surface area contributed by atoms with E-state index >= 15 is 0 Å². The molecule has 0 saturated heterocycles. The number of carbonyl (C=O) groups is 1. The summed E-state index contributed by atoms with van der Waals surface area (Å²) in [5.74, 6) is 1.26. The van der Waals surface area contributed by atoms with E-state index in [0.29, 0.717) is 34.6 Å². The fourth-order valence-corrected chi connectivity index (χ4v) is 2.44. The Labute approximate surface area is 150 Å². The zero-order valence-electron chi connectivity index (χ0n) is 13.4. The summed E-state index contributed by atoms with van der Waals surface area (Å²) in [7, 11) is 1.52. The van der Waals surface area contributed by atoms with E-state index in [2.05, 4.69) is 10.6 Å². The minimum atomic E-state index is -0.369. The average Bonchev–Trinajstić information content (AvgIpc) is 2.53. The van der Waals surface area contributed by atoms with Gasteiger partial charge < -0.3 is 20.1 Å². The largest absolute Gasteiger partial charge is 0.495 e. The Bertz CT molecular complexity index is 723. The van der Waals surface area contributed by atoms with Crippen molar-refractivity contribution in [3.05, 3.63) is 52.0 Å². The first-order valence-electron chi connectivity index (χ1n) is 7.27. The Morgan fingerprint density at radius 1 is 1.08 bits per heavy atom. The number of carbonyl (C=O) groups excluding carboxylic acids is 1. The number of halogens is 2. The van der Waals surface area contributed by atoms with Gasteiger partial charge in [-0.05, 0) is 48.9 Å². The highest BCUT2D eigenvalue weighted by atomic mass is 35.5. The summed E-state index contributed by atoms with van der Waals surface area (Å²) in [6.07, 6.45) is 0. The standard InChI is InChI=1S/C17H18Cl2N2O3/c1-11-9-12(18)3-5-15(11)24-8-7-20-17(22)21-14-10-13(19)4-6-16(14)23-2/h3-6,9-10H,7-8H2,1-2H3,(H2,20,21,22). The fourth-order valence-electron chi connectivity index (χ4n) is 2.04. The first-order valence-corrected chi connectivity index (χ1v) is 8.02. The molecule has 0 aliphatic rings. The summed E-state index contributed by atoms with van der Waals surface area (Å²) >= 11 is 11.8. The van der Waals surface area contributed by atoms with Crippen molar-refractivity contribution < 1.29 is 14.3 Å². The third-order valence-corrected chi connectivity index (χ3v) is 3.66.